The molecule has 0 fully saturated rings. The van der Waals surface area contributed by atoms with Gasteiger partial charge in [-0.05, 0) is 38.5 Å². The quantitative estimate of drug-likeness (QED) is 0.469. The summed E-state index contributed by atoms with van der Waals surface area (Å²) in [6.45, 7) is 6.92. The maximum atomic E-state index is 12.7. The van der Waals surface area contributed by atoms with Crippen LogP contribution in [-0.2, 0) is 13.6 Å². The fourth-order valence-electron chi connectivity index (χ4n) is 2.88. The van der Waals surface area contributed by atoms with E-state index in [0.29, 0.717) is 5.75 Å². The second-order valence-electron chi connectivity index (χ2n) is 6.25. The number of hydrogen-bond donors (Lipinski definition) is 0. The fourth-order valence-corrected chi connectivity index (χ4v) is 3.73. The van der Waals surface area contributed by atoms with Gasteiger partial charge in [-0.25, -0.2) is 0 Å². The summed E-state index contributed by atoms with van der Waals surface area (Å²) < 4.78 is 4.12. The van der Waals surface area contributed by atoms with E-state index >= 15 is 0 Å². The first-order valence-electron chi connectivity index (χ1n) is 8.65. The lowest BCUT2D eigenvalue weighted by atomic mass is 10.2. The zero-order chi connectivity index (χ0) is 18.7. The normalized spacial score (nSPS) is 11.1. The lowest BCUT2D eigenvalue weighted by molar-refractivity contribution is 0.102. The van der Waals surface area contributed by atoms with E-state index in [1.54, 1.807) is 12.4 Å². The number of Topliss-reactive ketones (excluding diaryl/α,β-unsaturated/α-hetero) is 1. The summed E-state index contributed by atoms with van der Waals surface area (Å²) in [7, 11) is 1.98. The first kappa shape index (κ1) is 18.4. The Balaban J connectivity index is 1.80. The van der Waals surface area contributed by atoms with Crippen molar-refractivity contribution in [2.75, 3.05) is 5.75 Å². The Hall–Kier alpha value is -2.41. The number of aryl methyl sites for hydroxylation is 1. The summed E-state index contributed by atoms with van der Waals surface area (Å²) in [4.78, 5) is 16.7. The molecule has 0 aromatic carbocycles. The van der Waals surface area contributed by atoms with Gasteiger partial charge in [-0.3, -0.25) is 9.78 Å². The van der Waals surface area contributed by atoms with Crippen molar-refractivity contribution >= 4 is 17.5 Å². The molecule has 0 aliphatic heterocycles. The van der Waals surface area contributed by atoms with Crippen LogP contribution in [0.2, 0.25) is 0 Å². The highest BCUT2D eigenvalue weighted by molar-refractivity contribution is 7.99. The van der Waals surface area contributed by atoms with Gasteiger partial charge < -0.3 is 9.13 Å². The molecule has 26 heavy (non-hydrogen) atoms. The number of rotatable bonds is 7. The molecule has 0 N–H and O–H groups in total. The van der Waals surface area contributed by atoms with Crippen LogP contribution < -0.4 is 0 Å². The van der Waals surface area contributed by atoms with Gasteiger partial charge >= 0.3 is 0 Å². The molecule has 0 unspecified atom stereocenters. The van der Waals surface area contributed by atoms with Gasteiger partial charge in [0.15, 0.2) is 16.8 Å². The molecule has 6 nitrogen and oxygen atoms in total. The molecule has 0 saturated heterocycles. The number of aromatic nitrogens is 5. The third-order valence-electron chi connectivity index (χ3n) is 4.51. The Bertz CT molecular complexity index is 914. The van der Waals surface area contributed by atoms with Crippen LogP contribution in [0.5, 0.6) is 0 Å². The molecule has 0 aliphatic rings. The predicted octanol–water partition coefficient (Wildman–Crippen LogP) is 3.68. The van der Waals surface area contributed by atoms with E-state index in [1.807, 2.05) is 43.7 Å². The molecule has 3 aromatic rings. The second-order valence-corrected chi connectivity index (χ2v) is 7.19. The van der Waals surface area contributed by atoms with Gasteiger partial charge in [-0.1, -0.05) is 18.7 Å². The summed E-state index contributed by atoms with van der Waals surface area (Å²) in [5.41, 5.74) is 3.85. The van der Waals surface area contributed by atoms with E-state index in [1.165, 1.54) is 11.8 Å². The zero-order valence-electron chi connectivity index (χ0n) is 15.6. The summed E-state index contributed by atoms with van der Waals surface area (Å²) >= 11 is 1.44. The molecule has 0 spiro atoms. The van der Waals surface area contributed by atoms with Crippen molar-refractivity contribution in [1.82, 2.24) is 24.3 Å². The van der Waals surface area contributed by atoms with Crippen LogP contribution in [0.1, 0.15) is 35.1 Å². The largest absolute Gasteiger partial charge is 0.351 e. The van der Waals surface area contributed by atoms with Crippen LogP contribution in [0.4, 0.5) is 0 Å². The van der Waals surface area contributed by atoms with Crippen molar-refractivity contribution in [2.45, 2.75) is 38.9 Å². The molecule has 3 aromatic heterocycles. The molecule has 3 heterocycles. The standard InChI is InChI=1S/C19H23N5OS/c1-5-10-24-18(15-6-8-20-9-7-15)21-22-19(24)26-12-17(25)16-11-13(2)23(4)14(16)3/h6-9,11H,5,10,12H2,1-4H3. The number of carbonyl (C=O) groups is 1. The third-order valence-corrected chi connectivity index (χ3v) is 5.48. The number of ketones is 1. The molecule has 136 valence electrons. The highest BCUT2D eigenvalue weighted by atomic mass is 32.2. The van der Waals surface area contributed by atoms with E-state index in [9.17, 15) is 4.79 Å². The van der Waals surface area contributed by atoms with Crippen LogP contribution >= 0.6 is 11.8 Å². The molecule has 7 heteroatoms. The Morgan fingerprint density at radius 3 is 2.54 bits per heavy atom. The van der Waals surface area contributed by atoms with Gasteiger partial charge in [0.05, 0.1) is 5.75 Å². The van der Waals surface area contributed by atoms with Crippen molar-refractivity contribution in [3.05, 3.63) is 47.5 Å². The van der Waals surface area contributed by atoms with E-state index in [2.05, 4.69) is 26.7 Å². The minimum atomic E-state index is 0.118. The zero-order valence-corrected chi connectivity index (χ0v) is 16.4. The average molecular weight is 369 g/mol. The van der Waals surface area contributed by atoms with Gasteiger partial charge in [0.1, 0.15) is 0 Å². The molecular formula is C19H23N5OS. The van der Waals surface area contributed by atoms with Crippen LogP contribution in [0.25, 0.3) is 11.4 Å². The van der Waals surface area contributed by atoms with Crippen molar-refractivity contribution in [3.63, 3.8) is 0 Å². The topological polar surface area (TPSA) is 65.6 Å². The second kappa shape index (κ2) is 7.86. The maximum Gasteiger partial charge on any atom is 0.191 e. The maximum absolute atomic E-state index is 12.7. The number of carbonyl (C=O) groups excluding carboxylic acids is 1. The number of thioether (sulfide) groups is 1. The SMILES string of the molecule is CCCn1c(SCC(=O)c2cc(C)n(C)c2C)nnc1-c1ccncc1. The first-order chi connectivity index (χ1) is 12.5. The Morgan fingerprint density at radius 2 is 1.92 bits per heavy atom. The van der Waals surface area contributed by atoms with Crippen molar-refractivity contribution in [1.29, 1.82) is 0 Å². The minimum Gasteiger partial charge on any atom is -0.351 e. The Kier molecular flexibility index (Phi) is 5.56. The Morgan fingerprint density at radius 1 is 1.19 bits per heavy atom. The molecule has 0 amide bonds. The third kappa shape index (κ3) is 3.58. The van der Waals surface area contributed by atoms with Crippen LogP contribution in [0.3, 0.4) is 0 Å². The van der Waals surface area contributed by atoms with Crippen LogP contribution in [-0.4, -0.2) is 35.9 Å². The van der Waals surface area contributed by atoms with Gasteiger partial charge in [0.2, 0.25) is 0 Å². The molecule has 0 saturated carbocycles. The molecule has 0 bridgehead atoms. The van der Waals surface area contributed by atoms with Gasteiger partial charge in [0, 0.05) is 48.5 Å². The van der Waals surface area contributed by atoms with Gasteiger partial charge in [0.25, 0.3) is 0 Å². The summed E-state index contributed by atoms with van der Waals surface area (Å²) in [6.07, 6.45) is 4.46. The first-order valence-corrected chi connectivity index (χ1v) is 9.64. The monoisotopic (exact) mass is 369 g/mol. The van der Waals surface area contributed by atoms with Gasteiger partial charge in [-0.15, -0.1) is 10.2 Å². The fraction of sp³-hybridized carbons (Fsp3) is 0.368. The van der Waals surface area contributed by atoms with Crippen LogP contribution in [0, 0.1) is 13.8 Å². The smallest absolute Gasteiger partial charge is 0.191 e. The summed E-state index contributed by atoms with van der Waals surface area (Å²) in [5, 5.41) is 9.44. The van der Waals surface area contributed by atoms with E-state index in [0.717, 1.165) is 46.5 Å². The van der Waals surface area contributed by atoms with E-state index < -0.39 is 0 Å². The number of nitrogens with zero attached hydrogens (tertiary/aromatic N) is 5. The van der Waals surface area contributed by atoms with Gasteiger partial charge in [-0.2, -0.15) is 0 Å². The Labute approximate surface area is 157 Å². The number of hydrogen-bond acceptors (Lipinski definition) is 5. The molecular weight excluding hydrogens is 346 g/mol. The molecule has 3 rings (SSSR count). The molecule has 0 radical (unpaired) electrons. The minimum absolute atomic E-state index is 0.118. The number of pyridine rings is 1. The summed E-state index contributed by atoms with van der Waals surface area (Å²) in [6, 6.07) is 5.80. The van der Waals surface area contributed by atoms with Crippen LogP contribution in [0.15, 0.2) is 35.7 Å². The van der Waals surface area contributed by atoms with Crippen molar-refractivity contribution < 1.29 is 4.79 Å². The highest BCUT2D eigenvalue weighted by Gasteiger charge is 2.18. The van der Waals surface area contributed by atoms with Crippen molar-refractivity contribution in [2.24, 2.45) is 7.05 Å². The molecule has 0 aliphatic carbocycles. The lowest BCUT2D eigenvalue weighted by Crippen LogP contribution is -2.07. The highest BCUT2D eigenvalue weighted by Crippen LogP contribution is 2.25. The van der Waals surface area contributed by atoms with E-state index in [4.69, 9.17) is 0 Å². The lowest BCUT2D eigenvalue weighted by Gasteiger charge is -2.08. The summed E-state index contributed by atoms with van der Waals surface area (Å²) in [5.74, 6) is 1.28. The predicted molar refractivity (Wildman–Crippen MR) is 103 cm³/mol. The van der Waals surface area contributed by atoms with E-state index in [-0.39, 0.29) is 5.78 Å². The molecule has 0 atom stereocenters. The van der Waals surface area contributed by atoms with Crippen molar-refractivity contribution in [3.8, 4) is 11.4 Å². The average Bonchev–Trinajstić information content (AvgIpc) is 3.17.